The van der Waals surface area contributed by atoms with Gasteiger partial charge >= 0.3 is 6.18 Å². The molecule has 4 aromatic rings. The maximum absolute atomic E-state index is 13.8. The van der Waals surface area contributed by atoms with Gasteiger partial charge in [0, 0.05) is 18.1 Å². The highest BCUT2D eigenvalue weighted by Gasteiger charge is 2.66. The van der Waals surface area contributed by atoms with Crippen molar-refractivity contribution in [2.75, 3.05) is 17.2 Å². The Bertz CT molecular complexity index is 1630. The van der Waals surface area contributed by atoms with Crippen molar-refractivity contribution in [2.24, 2.45) is 5.41 Å². The number of nitriles is 2. The van der Waals surface area contributed by atoms with Crippen molar-refractivity contribution in [1.82, 2.24) is 20.0 Å². The average Bonchev–Trinajstić information content (AvgIpc) is 3.61. The molecule has 5 rings (SSSR count). The van der Waals surface area contributed by atoms with Gasteiger partial charge in [-0.25, -0.2) is 4.68 Å². The van der Waals surface area contributed by atoms with Crippen LogP contribution in [0.5, 0.6) is 0 Å². The van der Waals surface area contributed by atoms with E-state index in [1.165, 1.54) is 12.4 Å². The second-order valence-corrected chi connectivity index (χ2v) is 11.2. The molecule has 1 saturated carbocycles. The van der Waals surface area contributed by atoms with E-state index in [9.17, 15) is 23.7 Å². The fraction of sp³-hybridized carbons (Fsp3) is 0.345. The van der Waals surface area contributed by atoms with Crippen LogP contribution in [0.25, 0.3) is 10.9 Å². The lowest BCUT2D eigenvalue weighted by atomic mass is 9.96. The van der Waals surface area contributed by atoms with E-state index in [1.807, 2.05) is 30.3 Å². The third-order valence-corrected chi connectivity index (χ3v) is 6.95. The largest absolute Gasteiger partial charge is 0.413 e. The first-order valence-electron chi connectivity index (χ1n) is 12.8. The van der Waals surface area contributed by atoms with Gasteiger partial charge in [0.25, 0.3) is 0 Å². The molecular weight excluding hydrogens is 517 g/mol. The normalized spacial score (nSPS) is 15.2. The van der Waals surface area contributed by atoms with Gasteiger partial charge in [0.05, 0.1) is 46.3 Å². The lowest BCUT2D eigenvalue weighted by molar-refractivity contribution is -0.182. The number of anilines is 2. The Morgan fingerprint density at radius 3 is 2.40 bits per heavy atom. The maximum Gasteiger partial charge on any atom is 0.413 e. The maximum atomic E-state index is 13.8. The van der Waals surface area contributed by atoms with Crippen LogP contribution < -0.4 is 10.6 Å². The van der Waals surface area contributed by atoms with Gasteiger partial charge in [0.2, 0.25) is 0 Å². The summed E-state index contributed by atoms with van der Waals surface area (Å²) in [6.07, 6.45) is -1.73. The van der Waals surface area contributed by atoms with Crippen molar-refractivity contribution in [3.63, 3.8) is 0 Å². The van der Waals surface area contributed by atoms with Gasteiger partial charge in [0.1, 0.15) is 11.8 Å². The van der Waals surface area contributed by atoms with Crippen LogP contribution in [0.3, 0.4) is 0 Å². The van der Waals surface area contributed by atoms with Crippen molar-refractivity contribution < 1.29 is 13.2 Å². The molecule has 1 aliphatic carbocycles. The van der Waals surface area contributed by atoms with Gasteiger partial charge in [-0.3, -0.25) is 4.98 Å². The summed E-state index contributed by atoms with van der Waals surface area (Å²) in [7, 11) is 0. The molecule has 8 nitrogen and oxygen atoms in total. The predicted octanol–water partition coefficient (Wildman–Crippen LogP) is 6.28. The number of benzene rings is 2. The minimum atomic E-state index is -4.44. The highest BCUT2D eigenvalue weighted by Crippen LogP contribution is 2.55. The quantitative estimate of drug-likeness (QED) is 0.281. The Morgan fingerprint density at radius 2 is 1.80 bits per heavy atom. The number of aromatic nitrogens is 4. The zero-order chi connectivity index (χ0) is 28.7. The summed E-state index contributed by atoms with van der Waals surface area (Å²) in [6, 6.07) is 16.1. The summed E-state index contributed by atoms with van der Waals surface area (Å²) in [5.74, 6) is 0. The summed E-state index contributed by atoms with van der Waals surface area (Å²) in [5.41, 5.74) is 1.10. The van der Waals surface area contributed by atoms with Crippen molar-refractivity contribution in [3.8, 4) is 12.1 Å². The number of hydrogen-bond acceptors (Lipinski definition) is 7. The van der Waals surface area contributed by atoms with Crippen molar-refractivity contribution in [1.29, 1.82) is 10.5 Å². The van der Waals surface area contributed by atoms with Crippen LogP contribution in [0, 0.1) is 28.1 Å². The summed E-state index contributed by atoms with van der Waals surface area (Å²) in [4.78, 5) is 4.54. The van der Waals surface area contributed by atoms with Gasteiger partial charge in [-0.1, -0.05) is 56.3 Å². The number of pyridine rings is 1. The minimum Gasteiger partial charge on any atom is -0.383 e. The molecule has 0 radical (unpaired) electrons. The zero-order valence-corrected chi connectivity index (χ0v) is 22.2. The second kappa shape index (κ2) is 9.83. The second-order valence-electron chi connectivity index (χ2n) is 11.2. The zero-order valence-electron chi connectivity index (χ0n) is 22.2. The Labute approximate surface area is 229 Å². The Balaban J connectivity index is 1.62. The van der Waals surface area contributed by atoms with Gasteiger partial charge in [0.15, 0.2) is 5.54 Å². The summed E-state index contributed by atoms with van der Waals surface area (Å²) < 4.78 is 42.3. The number of hydrogen-bond donors (Lipinski definition) is 2. The van der Waals surface area contributed by atoms with Crippen LogP contribution in [0.2, 0.25) is 0 Å². The lowest BCUT2D eigenvalue weighted by Crippen LogP contribution is -2.35. The van der Waals surface area contributed by atoms with Crippen LogP contribution in [0.1, 0.15) is 62.0 Å². The first-order chi connectivity index (χ1) is 19.0. The molecule has 2 aromatic carbocycles. The highest BCUT2D eigenvalue weighted by atomic mass is 19.4. The van der Waals surface area contributed by atoms with E-state index < -0.39 is 17.8 Å². The molecule has 0 saturated heterocycles. The molecule has 0 aliphatic heterocycles. The molecular formula is C29H27F3N8. The molecule has 2 aromatic heterocycles. The minimum absolute atomic E-state index is 0.0485. The average molecular weight is 545 g/mol. The Morgan fingerprint density at radius 1 is 1.07 bits per heavy atom. The van der Waals surface area contributed by atoms with E-state index in [4.69, 9.17) is 0 Å². The Kier molecular flexibility index (Phi) is 6.62. The van der Waals surface area contributed by atoms with Crippen molar-refractivity contribution in [3.05, 3.63) is 77.2 Å². The standard InChI is InChI=1S/C29H27F3N8/c1-27(2,3)17-36-24-20(14-34)15-35-26-21(24)11-18(13-33)12-22(26)37-25(19-7-5-4-6-8-19)23-16-40(39-38-23)28(9-10-28)29(30,31)32/h4-8,11-12,15-16,25,37H,9-10,17H2,1-3H3,(H,35,36)/t25-/m0/s1. The molecule has 11 heteroatoms. The van der Waals surface area contributed by atoms with E-state index in [0.29, 0.717) is 39.9 Å². The topological polar surface area (TPSA) is 115 Å². The molecule has 204 valence electrons. The fourth-order valence-corrected chi connectivity index (χ4v) is 4.61. The molecule has 2 heterocycles. The lowest BCUT2D eigenvalue weighted by Gasteiger charge is -2.23. The summed E-state index contributed by atoms with van der Waals surface area (Å²) in [6.45, 7) is 6.75. The number of nitrogens with zero attached hydrogens (tertiary/aromatic N) is 6. The molecule has 1 aliphatic rings. The summed E-state index contributed by atoms with van der Waals surface area (Å²) >= 11 is 0. The van der Waals surface area contributed by atoms with E-state index in [-0.39, 0.29) is 24.0 Å². The van der Waals surface area contributed by atoms with Gasteiger partial charge in [-0.05, 0) is 36.0 Å². The number of halogens is 3. The Hall–Kier alpha value is -4.64. The van der Waals surface area contributed by atoms with Crippen LogP contribution >= 0.6 is 0 Å². The first-order valence-corrected chi connectivity index (χ1v) is 12.8. The molecule has 1 fully saturated rings. The number of nitrogens with one attached hydrogen (secondary N) is 2. The number of rotatable bonds is 7. The molecule has 2 N–H and O–H groups in total. The smallest absolute Gasteiger partial charge is 0.383 e. The molecule has 0 unspecified atom stereocenters. The molecule has 0 bridgehead atoms. The van der Waals surface area contributed by atoms with Gasteiger partial charge in [-0.15, -0.1) is 5.10 Å². The van der Waals surface area contributed by atoms with Gasteiger partial charge in [-0.2, -0.15) is 23.7 Å². The SMILES string of the molecule is CC(C)(C)CNc1c(C#N)cnc2c(N[C@@H](c3ccccc3)c3cn(C4(C(F)(F)F)CC4)nn3)cc(C#N)cc12. The third kappa shape index (κ3) is 5.03. The monoisotopic (exact) mass is 544 g/mol. The molecule has 1 atom stereocenters. The predicted molar refractivity (Wildman–Crippen MR) is 144 cm³/mol. The van der Waals surface area contributed by atoms with Gasteiger partial charge < -0.3 is 10.6 Å². The van der Waals surface area contributed by atoms with Crippen LogP contribution in [0.15, 0.2) is 54.9 Å². The van der Waals surface area contributed by atoms with E-state index in [0.717, 1.165) is 10.2 Å². The van der Waals surface area contributed by atoms with Crippen LogP contribution in [0.4, 0.5) is 24.5 Å². The van der Waals surface area contributed by atoms with Crippen LogP contribution in [-0.2, 0) is 5.54 Å². The molecule has 40 heavy (non-hydrogen) atoms. The van der Waals surface area contributed by atoms with E-state index >= 15 is 0 Å². The number of alkyl halides is 3. The first kappa shape index (κ1) is 26.9. The highest BCUT2D eigenvalue weighted by molar-refractivity contribution is 6.01. The van der Waals surface area contributed by atoms with Crippen LogP contribution in [-0.4, -0.2) is 32.7 Å². The summed E-state index contributed by atoms with van der Waals surface area (Å²) in [5, 5.41) is 34.9. The molecule has 0 amide bonds. The van der Waals surface area contributed by atoms with E-state index in [1.54, 1.807) is 12.1 Å². The van der Waals surface area contributed by atoms with E-state index in [2.05, 4.69) is 58.8 Å². The molecule has 0 spiro atoms. The van der Waals surface area contributed by atoms with Crippen molar-refractivity contribution >= 4 is 22.3 Å². The van der Waals surface area contributed by atoms with Crippen molar-refractivity contribution in [2.45, 2.75) is 51.4 Å². The third-order valence-electron chi connectivity index (χ3n) is 6.95. The fourth-order valence-electron chi connectivity index (χ4n) is 4.61. The number of fused-ring (bicyclic) bond motifs is 1.